The lowest BCUT2D eigenvalue weighted by Crippen LogP contribution is -2.46. The Morgan fingerprint density at radius 2 is 1.61 bits per heavy atom. The highest BCUT2D eigenvalue weighted by Crippen LogP contribution is 2.41. The monoisotopic (exact) mass is 518 g/mol. The first-order valence-electron chi connectivity index (χ1n) is 13.4. The minimum absolute atomic E-state index is 0.261. The predicted molar refractivity (Wildman–Crippen MR) is 146 cm³/mol. The molecule has 3 aromatic rings. The van der Waals surface area contributed by atoms with Crippen LogP contribution in [0.3, 0.4) is 0 Å². The van der Waals surface area contributed by atoms with E-state index >= 15 is 0 Å². The van der Waals surface area contributed by atoms with Gasteiger partial charge in [-0.2, -0.15) is 0 Å². The molecule has 38 heavy (non-hydrogen) atoms. The summed E-state index contributed by atoms with van der Waals surface area (Å²) in [7, 11) is 0. The van der Waals surface area contributed by atoms with Crippen LogP contribution in [0.15, 0.2) is 60.7 Å². The molecule has 7 heteroatoms. The molecule has 0 aliphatic carbocycles. The van der Waals surface area contributed by atoms with Crippen LogP contribution in [0.5, 0.6) is 11.5 Å². The highest BCUT2D eigenvalue weighted by Gasteiger charge is 2.47. The third-order valence-corrected chi connectivity index (χ3v) is 7.32. The minimum Gasteiger partial charge on any atom is -0.493 e. The molecule has 6 nitrogen and oxygen atoms in total. The maximum atomic E-state index is 13.6. The first-order chi connectivity index (χ1) is 18.4. The van der Waals surface area contributed by atoms with E-state index in [4.69, 9.17) is 14.2 Å². The lowest BCUT2D eigenvalue weighted by atomic mass is 9.91. The van der Waals surface area contributed by atoms with Crippen molar-refractivity contribution < 1.29 is 23.4 Å². The van der Waals surface area contributed by atoms with Gasteiger partial charge < -0.3 is 14.2 Å². The van der Waals surface area contributed by atoms with Crippen molar-refractivity contribution in [1.82, 2.24) is 4.90 Å². The lowest BCUT2D eigenvalue weighted by molar-refractivity contribution is -0.00100. The van der Waals surface area contributed by atoms with Gasteiger partial charge >= 0.3 is 6.09 Å². The first-order valence-corrected chi connectivity index (χ1v) is 13.4. The number of halogens is 1. The van der Waals surface area contributed by atoms with Crippen molar-refractivity contribution >= 4 is 11.8 Å². The van der Waals surface area contributed by atoms with Gasteiger partial charge in [-0.05, 0) is 73.9 Å². The number of benzene rings is 3. The molecule has 2 saturated heterocycles. The summed E-state index contributed by atoms with van der Waals surface area (Å²) in [5, 5.41) is 0. The van der Waals surface area contributed by atoms with Crippen LogP contribution in [-0.4, -0.2) is 49.4 Å². The van der Waals surface area contributed by atoms with E-state index in [0.717, 1.165) is 71.9 Å². The van der Waals surface area contributed by atoms with Crippen LogP contribution in [0.1, 0.15) is 37.8 Å². The molecule has 0 aromatic heterocycles. The molecule has 0 atom stereocenters. The van der Waals surface area contributed by atoms with Gasteiger partial charge in [0, 0.05) is 38.2 Å². The molecular weight excluding hydrogens is 483 g/mol. The topological polar surface area (TPSA) is 51.2 Å². The maximum absolute atomic E-state index is 13.6. The van der Waals surface area contributed by atoms with Gasteiger partial charge in [-0.25, -0.2) is 9.18 Å². The van der Waals surface area contributed by atoms with E-state index in [2.05, 4.69) is 17.0 Å². The van der Waals surface area contributed by atoms with Crippen molar-refractivity contribution in [1.29, 1.82) is 0 Å². The summed E-state index contributed by atoms with van der Waals surface area (Å²) in [5.41, 5.74) is 4.34. The van der Waals surface area contributed by atoms with Crippen molar-refractivity contribution in [2.45, 2.75) is 45.8 Å². The zero-order valence-corrected chi connectivity index (χ0v) is 22.3. The van der Waals surface area contributed by atoms with E-state index in [-0.39, 0.29) is 11.9 Å². The molecule has 3 aromatic carbocycles. The number of likely N-dealkylation sites (tertiary alicyclic amines) is 1. The Balaban J connectivity index is 1.31. The molecule has 2 aliphatic heterocycles. The third-order valence-electron chi connectivity index (χ3n) is 7.32. The molecule has 0 N–H and O–H groups in total. The molecule has 0 unspecified atom stereocenters. The number of carbonyl (C=O) groups is 1. The molecular formula is C31H35FN2O4. The average Bonchev–Trinajstić information content (AvgIpc) is 3.22. The van der Waals surface area contributed by atoms with Crippen LogP contribution in [0.4, 0.5) is 14.9 Å². The molecule has 2 heterocycles. The number of anilines is 1. The van der Waals surface area contributed by atoms with Crippen LogP contribution in [0, 0.1) is 12.7 Å². The van der Waals surface area contributed by atoms with Crippen molar-refractivity contribution in [2.24, 2.45) is 0 Å². The van der Waals surface area contributed by atoms with Gasteiger partial charge in [-0.15, -0.1) is 0 Å². The van der Waals surface area contributed by atoms with Gasteiger partial charge in [-0.1, -0.05) is 24.3 Å². The molecule has 0 saturated carbocycles. The highest BCUT2D eigenvalue weighted by molar-refractivity contribution is 5.90. The second-order valence-corrected chi connectivity index (χ2v) is 10.1. The molecule has 0 bridgehead atoms. The highest BCUT2D eigenvalue weighted by atomic mass is 19.1. The fraction of sp³-hybridized carbons (Fsp3) is 0.387. The Hall–Kier alpha value is -3.58. The third kappa shape index (κ3) is 5.48. The SMILES string of the molecule is CCOc1cc(CN2CCC3(CC2)CN(c2cccc(C)c2)C(=O)O3)cc(OCC)c1-c1ccc(F)cc1. The zero-order chi connectivity index (χ0) is 26.7. The summed E-state index contributed by atoms with van der Waals surface area (Å²) in [6, 6.07) is 18.5. The number of aryl methyl sites for hydroxylation is 1. The maximum Gasteiger partial charge on any atom is 0.415 e. The number of hydrogen-bond acceptors (Lipinski definition) is 5. The predicted octanol–water partition coefficient (Wildman–Crippen LogP) is 6.59. The summed E-state index contributed by atoms with van der Waals surface area (Å²) in [4.78, 5) is 16.9. The van der Waals surface area contributed by atoms with Crippen LogP contribution < -0.4 is 14.4 Å². The van der Waals surface area contributed by atoms with E-state index in [1.807, 2.05) is 45.0 Å². The fourth-order valence-electron chi connectivity index (χ4n) is 5.43. The summed E-state index contributed by atoms with van der Waals surface area (Å²) in [5.74, 6) is 1.18. The van der Waals surface area contributed by atoms with E-state index in [1.165, 1.54) is 12.1 Å². The Kier molecular flexibility index (Phi) is 7.56. The van der Waals surface area contributed by atoms with Crippen LogP contribution in [-0.2, 0) is 11.3 Å². The van der Waals surface area contributed by atoms with E-state index in [9.17, 15) is 9.18 Å². The lowest BCUT2D eigenvalue weighted by Gasteiger charge is -2.37. The Labute approximate surface area is 223 Å². The van der Waals surface area contributed by atoms with Crippen molar-refractivity contribution in [3.8, 4) is 22.6 Å². The number of amides is 1. The number of ether oxygens (including phenoxy) is 3. The average molecular weight is 519 g/mol. The van der Waals surface area contributed by atoms with Crippen molar-refractivity contribution in [3.63, 3.8) is 0 Å². The van der Waals surface area contributed by atoms with Gasteiger partial charge in [0.2, 0.25) is 0 Å². The fourth-order valence-corrected chi connectivity index (χ4v) is 5.43. The molecule has 5 rings (SSSR count). The van der Waals surface area contributed by atoms with Gasteiger partial charge in [-0.3, -0.25) is 9.80 Å². The summed E-state index contributed by atoms with van der Waals surface area (Å²) in [6.45, 7) is 9.91. The van der Waals surface area contributed by atoms with Gasteiger partial charge in [0.15, 0.2) is 0 Å². The number of hydrogen-bond donors (Lipinski definition) is 0. The number of carbonyl (C=O) groups excluding carboxylic acids is 1. The van der Waals surface area contributed by atoms with E-state index in [0.29, 0.717) is 19.8 Å². The Morgan fingerprint density at radius 3 is 2.21 bits per heavy atom. The van der Waals surface area contributed by atoms with Crippen LogP contribution in [0.25, 0.3) is 11.1 Å². The second kappa shape index (κ2) is 11.0. The van der Waals surface area contributed by atoms with E-state index in [1.54, 1.807) is 17.0 Å². The first kappa shape index (κ1) is 26.0. The minimum atomic E-state index is -0.448. The summed E-state index contributed by atoms with van der Waals surface area (Å²) < 4.78 is 31.6. The number of nitrogens with zero attached hydrogens (tertiary/aromatic N) is 2. The van der Waals surface area contributed by atoms with Gasteiger partial charge in [0.25, 0.3) is 0 Å². The van der Waals surface area contributed by atoms with Crippen molar-refractivity contribution in [2.75, 3.05) is 37.7 Å². The molecule has 200 valence electrons. The van der Waals surface area contributed by atoms with Crippen LogP contribution in [0.2, 0.25) is 0 Å². The number of rotatable bonds is 8. The molecule has 2 fully saturated rings. The zero-order valence-electron chi connectivity index (χ0n) is 22.3. The summed E-state index contributed by atoms with van der Waals surface area (Å²) in [6.07, 6.45) is 1.31. The quantitative estimate of drug-likeness (QED) is 0.337. The van der Waals surface area contributed by atoms with Crippen LogP contribution >= 0.6 is 0 Å². The Morgan fingerprint density at radius 1 is 0.947 bits per heavy atom. The number of piperidine rings is 1. The summed E-state index contributed by atoms with van der Waals surface area (Å²) >= 11 is 0. The normalized spacial score (nSPS) is 17.1. The van der Waals surface area contributed by atoms with Gasteiger partial charge in [0.1, 0.15) is 22.9 Å². The molecule has 0 radical (unpaired) electrons. The van der Waals surface area contributed by atoms with E-state index < -0.39 is 5.60 Å². The molecule has 2 aliphatic rings. The largest absolute Gasteiger partial charge is 0.493 e. The standard InChI is InChI=1S/C31H35FN2O4/c1-4-36-27-18-23(19-28(37-5-2)29(27)24-9-11-25(32)12-10-24)20-33-15-13-31(14-16-33)21-34(30(35)38-31)26-8-6-7-22(3)17-26/h6-12,17-19H,4-5,13-16,20-21H2,1-3H3. The van der Waals surface area contributed by atoms with Crippen molar-refractivity contribution in [3.05, 3.63) is 77.6 Å². The molecule has 1 spiro atoms. The van der Waals surface area contributed by atoms with Gasteiger partial charge in [0.05, 0.1) is 25.3 Å². The molecule has 1 amide bonds. The Bertz CT molecular complexity index is 1260. The second-order valence-electron chi connectivity index (χ2n) is 10.1. The smallest absolute Gasteiger partial charge is 0.415 e.